The molecule has 1 unspecified atom stereocenters. The van der Waals surface area contributed by atoms with Gasteiger partial charge in [0.25, 0.3) is 0 Å². The second kappa shape index (κ2) is 3.23. The van der Waals surface area contributed by atoms with Crippen LogP contribution in [0, 0.1) is 11.3 Å². The highest BCUT2D eigenvalue weighted by molar-refractivity contribution is 5.24. The fourth-order valence-corrected chi connectivity index (χ4v) is 2.97. The standard InChI is InChI=1S/C13H20O/c1-5-6-11-12-9(2)10(14-11)7-8-13(12,3)4/h5-6,10-12H,2,7-8H2,1,3-4H3/b6-5+/t10?,11-,12+/m1/s1. The predicted octanol–water partition coefficient (Wildman–Crippen LogP) is 3.32. The van der Waals surface area contributed by atoms with E-state index in [1.807, 2.05) is 0 Å². The molecule has 0 amide bonds. The zero-order valence-electron chi connectivity index (χ0n) is 9.42. The van der Waals surface area contributed by atoms with Crippen molar-refractivity contribution in [1.29, 1.82) is 0 Å². The summed E-state index contributed by atoms with van der Waals surface area (Å²) in [5, 5.41) is 0. The average molecular weight is 192 g/mol. The molecule has 0 aromatic carbocycles. The lowest BCUT2D eigenvalue weighted by molar-refractivity contribution is 0.0709. The summed E-state index contributed by atoms with van der Waals surface area (Å²) >= 11 is 0. The maximum atomic E-state index is 5.99. The maximum absolute atomic E-state index is 5.99. The predicted molar refractivity (Wildman–Crippen MR) is 59.1 cm³/mol. The van der Waals surface area contributed by atoms with Gasteiger partial charge in [0.2, 0.25) is 0 Å². The lowest BCUT2D eigenvalue weighted by atomic mass is 9.65. The first-order valence-electron chi connectivity index (χ1n) is 5.53. The van der Waals surface area contributed by atoms with E-state index in [1.54, 1.807) is 0 Å². The van der Waals surface area contributed by atoms with Gasteiger partial charge in [0.05, 0.1) is 12.2 Å². The molecule has 2 aliphatic rings. The summed E-state index contributed by atoms with van der Waals surface area (Å²) in [5.74, 6) is 0.525. The molecule has 1 aliphatic carbocycles. The van der Waals surface area contributed by atoms with Crippen LogP contribution in [-0.2, 0) is 4.74 Å². The normalized spacial score (nSPS) is 40.8. The molecule has 0 N–H and O–H groups in total. The third-order valence-corrected chi connectivity index (χ3v) is 3.74. The minimum atomic E-state index is 0.273. The van der Waals surface area contributed by atoms with Crippen LogP contribution >= 0.6 is 0 Å². The van der Waals surface area contributed by atoms with Crippen LogP contribution in [0.4, 0.5) is 0 Å². The molecule has 1 aliphatic heterocycles. The van der Waals surface area contributed by atoms with Gasteiger partial charge in [0, 0.05) is 5.92 Å². The van der Waals surface area contributed by atoms with E-state index < -0.39 is 0 Å². The van der Waals surface area contributed by atoms with Crippen LogP contribution in [0.3, 0.4) is 0 Å². The van der Waals surface area contributed by atoms with E-state index in [4.69, 9.17) is 4.74 Å². The van der Waals surface area contributed by atoms with Crippen molar-refractivity contribution in [2.75, 3.05) is 0 Å². The Morgan fingerprint density at radius 1 is 1.50 bits per heavy atom. The highest BCUT2D eigenvalue weighted by Gasteiger charge is 2.49. The number of hydrogen-bond donors (Lipinski definition) is 0. The molecule has 3 atom stereocenters. The smallest absolute Gasteiger partial charge is 0.0835 e. The summed E-state index contributed by atoms with van der Waals surface area (Å²) in [4.78, 5) is 0. The van der Waals surface area contributed by atoms with Gasteiger partial charge in [-0.2, -0.15) is 0 Å². The van der Waals surface area contributed by atoms with Gasteiger partial charge >= 0.3 is 0 Å². The highest BCUT2D eigenvalue weighted by Crippen LogP contribution is 2.51. The Morgan fingerprint density at radius 3 is 2.86 bits per heavy atom. The number of fused-ring (bicyclic) bond motifs is 2. The van der Waals surface area contributed by atoms with E-state index >= 15 is 0 Å². The van der Waals surface area contributed by atoms with Gasteiger partial charge in [-0.05, 0) is 30.8 Å². The number of ether oxygens (including phenoxy) is 1. The molecule has 0 aromatic heterocycles. The summed E-state index contributed by atoms with van der Waals surface area (Å²) in [6.07, 6.45) is 7.29. The quantitative estimate of drug-likeness (QED) is 0.579. The van der Waals surface area contributed by atoms with Crippen LogP contribution in [0.1, 0.15) is 33.6 Å². The number of allylic oxidation sites excluding steroid dienone is 1. The summed E-state index contributed by atoms with van der Waals surface area (Å²) in [6, 6.07) is 0. The Morgan fingerprint density at radius 2 is 2.21 bits per heavy atom. The Balaban J connectivity index is 2.30. The summed E-state index contributed by atoms with van der Waals surface area (Å²) in [7, 11) is 0. The molecule has 1 saturated heterocycles. The second-order valence-electron chi connectivity index (χ2n) is 5.19. The minimum Gasteiger partial charge on any atom is -0.366 e. The van der Waals surface area contributed by atoms with Crippen molar-refractivity contribution >= 4 is 0 Å². The number of hydrogen-bond acceptors (Lipinski definition) is 1. The third-order valence-electron chi connectivity index (χ3n) is 3.74. The van der Waals surface area contributed by atoms with E-state index in [9.17, 15) is 0 Å². The van der Waals surface area contributed by atoms with Crippen LogP contribution in [0.25, 0.3) is 0 Å². The van der Waals surface area contributed by atoms with Crippen LogP contribution in [0.5, 0.6) is 0 Å². The van der Waals surface area contributed by atoms with E-state index in [1.165, 1.54) is 12.0 Å². The van der Waals surface area contributed by atoms with E-state index in [0.717, 1.165) is 6.42 Å². The lowest BCUT2D eigenvalue weighted by Crippen LogP contribution is -2.33. The molecule has 0 aromatic rings. The molecular formula is C13H20O. The fraction of sp³-hybridized carbons (Fsp3) is 0.692. The molecule has 78 valence electrons. The first-order chi connectivity index (χ1) is 6.56. The van der Waals surface area contributed by atoms with Crippen molar-refractivity contribution in [2.24, 2.45) is 11.3 Å². The van der Waals surface area contributed by atoms with E-state index in [-0.39, 0.29) is 6.10 Å². The fourth-order valence-electron chi connectivity index (χ4n) is 2.97. The molecule has 1 heterocycles. The van der Waals surface area contributed by atoms with Crippen LogP contribution in [-0.4, -0.2) is 12.2 Å². The molecule has 2 rings (SSSR count). The maximum Gasteiger partial charge on any atom is 0.0835 e. The first kappa shape index (κ1) is 9.97. The van der Waals surface area contributed by atoms with Gasteiger partial charge in [0.1, 0.15) is 0 Å². The zero-order chi connectivity index (χ0) is 10.3. The van der Waals surface area contributed by atoms with Gasteiger partial charge in [0.15, 0.2) is 0 Å². The molecular weight excluding hydrogens is 172 g/mol. The molecule has 0 radical (unpaired) electrons. The Hall–Kier alpha value is -0.560. The van der Waals surface area contributed by atoms with Gasteiger partial charge in [-0.15, -0.1) is 0 Å². The van der Waals surface area contributed by atoms with Gasteiger partial charge in [-0.3, -0.25) is 0 Å². The highest BCUT2D eigenvalue weighted by atomic mass is 16.5. The van der Waals surface area contributed by atoms with E-state index in [2.05, 4.69) is 39.5 Å². The Bertz CT molecular complexity index is 275. The summed E-state index contributed by atoms with van der Waals surface area (Å²) in [6.45, 7) is 10.9. The molecule has 1 heteroatoms. The lowest BCUT2D eigenvalue weighted by Gasteiger charge is -2.37. The topological polar surface area (TPSA) is 9.23 Å². The van der Waals surface area contributed by atoms with Crippen molar-refractivity contribution < 1.29 is 4.74 Å². The Labute approximate surface area is 86.8 Å². The van der Waals surface area contributed by atoms with Crippen LogP contribution in [0.15, 0.2) is 24.3 Å². The van der Waals surface area contributed by atoms with Gasteiger partial charge in [-0.1, -0.05) is 32.6 Å². The third kappa shape index (κ3) is 1.35. The summed E-state index contributed by atoms with van der Waals surface area (Å²) < 4.78 is 5.99. The monoisotopic (exact) mass is 192 g/mol. The van der Waals surface area contributed by atoms with Crippen LogP contribution in [0.2, 0.25) is 0 Å². The molecule has 2 bridgehead atoms. The SMILES string of the molecule is C=C1C2CCC(C)(C)[C@@H]1[C@@H](/C=C/C)O2. The zero-order valence-corrected chi connectivity index (χ0v) is 9.42. The van der Waals surface area contributed by atoms with Crippen molar-refractivity contribution in [1.82, 2.24) is 0 Å². The first-order valence-corrected chi connectivity index (χ1v) is 5.53. The van der Waals surface area contributed by atoms with E-state index in [0.29, 0.717) is 17.4 Å². The van der Waals surface area contributed by atoms with Crippen molar-refractivity contribution in [3.8, 4) is 0 Å². The summed E-state index contributed by atoms with van der Waals surface area (Å²) in [5.41, 5.74) is 1.68. The van der Waals surface area contributed by atoms with Crippen molar-refractivity contribution in [2.45, 2.75) is 45.8 Å². The molecule has 14 heavy (non-hydrogen) atoms. The van der Waals surface area contributed by atoms with Gasteiger partial charge in [-0.25, -0.2) is 0 Å². The van der Waals surface area contributed by atoms with Crippen molar-refractivity contribution in [3.05, 3.63) is 24.3 Å². The average Bonchev–Trinajstić information content (AvgIpc) is 2.32. The molecule has 0 spiro atoms. The number of rotatable bonds is 1. The Kier molecular flexibility index (Phi) is 2.30. The molecule has 2 fully saturated rings. The second-order valence-corrected chi connectivity index (χ2v) is 5.19. The van der Waals surface area contributed by atoms with Gasteiger partial charge < -0.3 is 4.74 Å². The molecule has 1 nitrogen and oxygen atoms in total. The van der Waals surface area contributed by atoms with Crippen molar-refractivity contribution in [3.63, 3.8) is 0 Å². The molecule has 1 saturated carbocycles. The minimum absolute atomic E-state index is 0.273. The van der Waals surface area contributed by atoms with Crippen LogP contribution < -0.4 is 0 Å². The largest absolute Gasteiger partial charge is 0.366 e.